The van der Waals surface area contributed by atoms with E-state index in [1.54, 1.807) is 0 Å². The molecule has 0 saturated heterocycles. The first-order valence-corrected chi connectivity index (χ1v) is 22.1. The molecule has 0 aromatic rings. The average Bonchev–Trinajstić information content (AvgIpc) is 3.08. The Balaban J connectivity index is 1.12. The molecular weight excluding hydrogens is 622 g/mol. The molecule has 292 valence electrons. The van der Waals surface area contributed by atoms with Gasteiger partial charge in [-0.1, -0.05) is 110 Å². The maximum absolute atomic E-state index is 12.7. The molecule has 0 unspecified atom stereocenters. The summed E-state index contributed by atoms with van der Waals surface area (Å²) in [5.41, 5.74) is 0.290. The Hall–Kier alpha value is -1.14. The third-order valence-electron chi connectivity index (χ3n) is 12.5. The molecule has 0 radical (unpaired) electrons. The number of hydrogen-bond acceptors (Lipinski definition) is 6. The van der Waals surface area contributed by atoms with Crippen molar-refractivity contribution < 1.29 is 24.2 Å². The lowest BCUT2D eigenvalue weighted by molar-refractivity contribution is -0.152. The van der Waals surface area contributed by atoms with Crippen molar-refractivity contribution >= 4 is 11.9 Å². The quantitative estimate of drug-likeness (QED) is 0.0542. The number of aliphatic hydroxyl groups is 1. The Morgan fingerprint density at radius 1 is 0.600 bits per heavy atom. The fourth-order valence-electron chi connectivity index (χ4n) is 10.2. The molecule has 4 aliphatic rings. The Morgan fingerprint density at radius 3 is 1.66 bits per heavy atom. The number of hydrogen-bond donors (Lipinski definition) is 1. The van der Waals surface area contributed by atoms with Gasteiger partial charge < -0.3 is 19.5 Å². The van der Waals surface area contributed by atoms with Crippen LogP contribution < -0.4 is 0 Å². The van der Waals surface area contributed by atoms with Crippen molar-refractivity contribution in [2.75, 3.05) is 39.5 Å². The van der Waals surface area contributed by atoms with Crippen LogP contribution in [0.4, 0.5) is 0 Å². The third-order valence-corrected chi connectivity index (χ3v) is 12.5. The van der Waals surface area contributed by atoms with Crippen LogP contribution in [0.25, 0.3) is 0 Å². The van der Waals surface area contributed by atoms with Crippen LogP contribution in [0.2, 0.25) is 0 Å². The van der Waals surface area contributed by atoms with Gasteiger partial charge in [-0.05, 0) is 119 Å². The standard InChI is InChI=1S/C44H81NO5/c1-3-5-14-21-38(22-15-6-4-2)24-30-50-42(47)23-16-10-9-12-18-26-45(27-20-28-46)25-17-11-7-8-13-19-29-49-43(48)37-44-34-39-31-40(35-44)33-41(32-39)36-44/h38-41,46H,3-37H2,1-2H3. The van der Waals surface area contributed by atoms with Crippen molar-refractivity contribution in [3.8, 4) is 0 Å². The summed E-state index contributed by atoms with van der Waals surface area (Å²) in [6, 6.07) is 0. The molecule has 0 aromatic heterocycles. The van der Waals surface area contributed by atoms with E-state index in [0.29, 0.717) is 37.4 Å². The van der Waals surface area contributed by atoms with E-state index >= 15 is 0 Å². The normalized spacial score (nSPS) is 22.5. The number of unbranched alkanes of at least 4 members (excludes halogenated alkanes) is 13. The molecule has 4 fully saturated rings. The molecule has 4 rings (SSSR count). The van der Waals surface area contributed by atoms with E-state index in [4.69, 9.17) is 9.47 Å². The first kappa shape index (κ1) is 43.3. The number of nitrogens with zero attached hydrogens (tertiary/aromatic N) is 1. The SMILES string of the molecule is CCCCCC(CCCCC)CCOC(=O)CCCCCCCN(CCCO)CCCCCCCCOC(=O)CC12CC3CC(CC(C3)C1)C2. The van der Waals surface area contributed by atoms with Gasteiger partial charge in [-0.15, -0.1) is 0 Å². The van der Waals surface area contributed by atoms with Gasteiger partial charge in [0.1, 0.15) is 0 Å². The van der Waals surface area contributed by atoms with Gasteiger partial charge in [-0.3, -0.25) is 9.59 Å². The summed E-state index contributed by atoms with van der Waals surface area (Å²) < 4.78 is 11.3. The molecular formula is C44H81NO5. The minimum absolute atomic E-state index is 0.00750. The van der Waals surface area contributed by atoms with Gasteiger partial charge in [0.2, 0.25) is 0 Å². The molecule has 0 aliphatic heterocycles. The van der Waals surface area contributed by atoms with Crippen LogP contribution in [-0.2, 0) is 19.1 Å². The smallest absolute Gasteiger partial charge is 0.306 e. The molecule has 0 aromatic carbocycles. The second kappa shape index (κ2) is 26.6. The topological polar surface area (TPSA) is 76.1 Å². The minimum atomic E-state index is -0.00750. The zero-order valence-electron chi connectivity index (χ0n) is 33.1. The van der Waals surface area contributed by atoms with Crippen LogP contribution in [-0.4, -0.2) is 61.4 Å². The monoisotopic (exact) mass is 704 g/mol. The molecule has 4 saturated carbocycles. The van der Waals surface area contributed by atoms with Gasteiger partial charge in [-0.2, -0.15) is 0 Å². The van der Waals surface area contributed by atoms with Gasteiger partial charge in [0.15, 0.2) is 0 Å². The molecule has 6 heteroatoms. The van der Waals surface area contributed by atoms with Crippen molar-refractivity contribution in [2.45, 2.75) is 200 Å². The molecule has 0 spiro atoms. The molecule has 4 bridgehead atoms. The van der Waals surface area contributed by atoms with Crippen LogP contribution in [0.15, 0.2) is 0 Å². The van der Waals surface area contributed by atoms with Gasteiger partial charge in [0, 0.05) is 19.6 Å². The van der Waals surface area contributed by atoms with Crippen LogP contribution in [0, 0.1) is 29.1 Å². The van der Waals surface area contributed by atoms with Gasteiger partial charge in [0.05, 0.1) is 19.6 Å². The second-order valence-electron chi connectivity index (χ2n) is 17.2. The van der Waals surface area contributed by atoms with Crippen molar-refractivity contribution in [2.24, 2.45) is 29.1 Å². The lowest BCUT2D eigenvalue weighted by atomic mass is 9.49. The third kappa shape index (κ3) is 18.6. The van der Waals surface area contributed by atoms with E-state index in [1.165, 1.54) is 135 Å². The molecule has 0 heterocycles. The minimum Gasteiger partial charge on any atom is -0.466 e. The molecule has 4 aliphatic carbocycles. The van der Waals surface area contributed by atoms with E-state index in [-0.39, 0.29) is 18.5 Å². The van der Waals surface area contributed by atoms with E-state index < -0.39 is 0 Å². The zero-order chi connectivity index (χ0) is 35.7. The first-order chi connectivity index (χ1) is 24.4. The highest BCUT2D eigenvalue weighted by Gasteiger charge is 2.51. The maximum Gasteiger partial charge on any atom is 0.306 e. The number of rotatable bonds is 33. The van der Waals surface area contributed by atoms with Crippen LogP contribution in [0.1, 0.15) is 200 Å². The molecule has 50 heavy (non-hydrogen) atoms. The number of aliphatic hydroxyl groups excluding tert-OH is 1. The maximum atomic E-state index is 12.7. The van der Waals surface area contributed by atoms with E-state index in [1.807, 2.05) is 0 Å². The van der Waals surface area contributed by atoms with Gasteiger partial charge >= 0.3 is 11.9 Å². The van der Waals surface area contributed by atoms with Crippen molar-refractivity contribution in [3.05, 3.63) is 0 Å². The molecule has 0 atom stereocenters. The highest BCUT2D eigenvalue weighted by molar-refractivity contribution is 5.70. The summed E-state index contributed by atoms with van der Waals surface area (Å²) in [5, 5.41) is 9.38. The Labute approximate surface area is 309 Å². The van der Waals surface area contributed by atoms with E-state index in [2.05, 4.69) is 18.7 Å². The number of esters is 2. The number of carbonyl (C=O) groups excluding carboxylic acids is 2. The van der Waals surface area contributed by atoms with Gasteiger partial charge in [0.25, 0.3) is 0 Å². The van der Waals surface area contributed by atoms with Crippen LogP contribution in [0.3, 0.4) is 0 Å². The number of carbonyl (C=O) groups is 2. The van der Waals surface area contributed by atoms with E-state index in [0.717, 1.165) is 75.9 Å². The predicted molar refractivity (Wildman–Crippen MR) is 207 cm³/mol. The zero-order valence-corrected chi connectivity index (χ0v) is 33.1. The van der Waals surface area contributed by atoms with E-state index in [9.17, 15) is 14.7 Å². The Kier molecular flexibility index (Phi) is 23.0. The fraction of sp³-hybridized carbons (Fsp3) is 0.955. The highest BCUT2D eigenvalue weighted by atomic mass is 16.5. The summed E-state index contributed by atoms with van der Waals surface area (Å²) in [6.45, 7) is 9.19. The molecule has 1 N–H and O–H groups in total. The summed E-state index contributed by atoms with van der Waals surface area (Å²) >= 11 is 0. The van der Waals surface area contributed by atoms with Crippen molar-refractivity contribution in [1.82, 2.24) is 4.90 Å². The van der Waals surface area contributed by atoms with Gasteiger partial charge in [-0.25, -0.2) is 0 Å². The summed E-state index contributed by atoms with van der Waals surface area (Å²) in [5.74, 6) is 3.45. The second-order valence-corrected chi connectivity index (χ2v) is 17.2. The predicted octanol–water partition coefficient (Wildman–Crippen LogP) is 11.2. The van der Waals surface area contributed by atoms with Crippen molar-refractivity contribution in [1.29, 1.82) is 0 Å². The Morgan fingerprint density at radius 2 is 1.10 bits per heavy atom. The van der Waals surface area contributed by atoms with Crippen LogP contribution in [0.5, 0.6) is 0 Å². The lowest BCUT2D eigenvalue weighted by Crippen LogP contribution is -2.47. The fourth-order valence-corrected chi connectivity index (χ4v) is 10.2. The summed E-state index contributed by atoms with van der Waals surface area (Å²) in [4.78, 5) is 27.5. The van der Waals surface area contributed by atoms with Crippen molar-refractivity contribution in [3.63, 3.8) is 0 Å². The summed E-state index contributed by atoms with van der Waals surface area (Å²) in [7, 11) is 0. The molecule has 6 nitrogen and oxygen atoms in total. The largest absolute Gasteiger partial charge is 0.466 e. The first-order valence-electron chi connectivity index (χ1n) is 22.1. The molecule has 0 amide bonds. The lowest BCUT2D eigenvalue weighted by Gasteiger charge is -2.56. The summed E-state index contributed by atoms with van der Waals surface area (Å²) in [6.07, 6.45) is 34.3. The van der Waals surface area contributed by atoms with Crippen LogP contribution >= 0.6 is 0 Å². The number of ether oxygens (including phenoxy) is 2. The average molecular weight is 704 g/mol. The highest BCUT2D eigenvalue weighted by Crippen LogP contribution is 2.61. The Bertz CT molecular complexity index is 831.